The SMILES string of the molecule is CC.CCCOCCC.Cc1cccnc1. The lowest BCUT2D eigenvalue weighted by Gasteiger charge is -1.95. The predicted octanol–water partition coefficient (Wildman–Crippen LogP) is 4.24. The normalized spacial score (nSPS) is 8.31. The molecule has 0 aliphatic heterocycles. The molecule has 0 atom stereocenters. The molecule has 0 bridgehead atoms. The molecule has 0 unspecified atom stereocenters. The molecule has 0 aliphatic rings. The van der Waals surface area contributed by atoms with E-state index >= 15 is 0 Å². The molecule has 0 saturated heterocycles. The summed E-state index contributed by atoms with van der Waals surface area (Å²) < 4.78 is 5.13. The summed E-state index contributed by atoms with van der Waals surface area (Å²) in [5, 5.41) is 0. The zero-order valence-electron chi connectivity index (χ0n) is 11.5. The molecular weight excluding hydrogens is 198 g/mol. The van der Waals surface area contributed by atoms with E-state index in [2.05, 4.69) is 18.8 Å². The number of pyridine rings is 1. The Hall–Kier alpha value is -0.890. The second-order valence-electron chi connectivity index (χ2n) is 3.14. The Kier molecular flexibility index (Phi) is 18.1. The van der Waals surface area contributed by atoms with Crippen molar-refractivity contribution < 1.29 is 4.74 Å². The molecule has 1 rings (SSSR count). The maximum Gasteiger partial charge on any atom is 0.0463 e. The van der Waals surface area contributed by atoms with Crippen LogP contribution in [0.5, 0.6) is 0 Å². The number of aryl methyl sites for hydroxylation is 1. The van der Waals surface area contributed by atoms with Crippen LogP contribution in [0, 0.1) is 6.92 Å². The van der Waals surface area contributed by atoms with Gasteiger partial charge in [-0.15, -0.1) is 0 Å². The summed E-state index contributed by atoms with van der Waals surface area (Å²) in [6.07, 6.45) is 5.88. The molecule has 2 heteroatoms. The van der Waals surface area contributed by atoms with E-state index in [0.717, 1.165) is 26.1 Å². The van der Waals surface area contributed by atoms with E-state index in [4.69, 9.17) is 4.74 Å². The summed E-state index contributed by atoms with van der Waals surface area (Å²) in [5.74, 6) is 0. The number of rotatable bonds is 4. The van der Waals surface area contributed by atoms with E-state index in [1.807, 2.05) is 39.1 Å². The fraction of sp³-hybridized carbons (Fsp3) is 0.643. The number of aromatic nitrogens is 1. The van der Waals surface area contributed by atoms with Gasteiger partial charge >= 0.3 is 0 Å². The number of nitrogens with zero attached hydrogens (tertiary/aromatic N) is 1. The van der Waals surface area contributed by atoms with Crippen LogP contribution in [0.4, 0.5) is 0 Å². The molecule has 1 aromatic rings. The van der Waals surface area contributed by atoms with E-state index < -0.39 is 0 Å². The van der Waals surface area contributed by atoms with Crippen molar-refractivity contribution in [3.05, 3.63) is 30.1 Å². The van der Waals surface area contributed by atoms with Gasteiger partial charge in [0.1, 0.15) is 0 Å². The maximum absolute atomic E-state index is 5.13. The molecular formula is C14H27NO. The first-order valence-electron chi connectivity index (χ1n) is 6.25. The van der Waals surface area contributed by atoms with E-state index in [1.54, 1.807) is 6.20 Å². The van der Waals surface area contributed by atoms with Gasteiger partial charge in [-0.3, -0.25) is 4.98 Å². The number of ether oxygens (including phenoxy) is 1. The van der Waals surface area contributed by atoms with Crippen LogP contribution in [0.1, 0.15) is 46.1 Å². The second-order valence-corrected chi connectivity index (χ2v) is 3.14. The zero-order valence-corrected chi connectivity index (χ0v) is 11.5. The molecule has 1 heterocycles. The Balaban J connectivity index is 0. The van der Waals surface area contributed by atoms with Crippen LogP contribution < -0.4 is 0 Å². The molecule has 0 aromatic carbocycles. The molecule has 0 radical (unpaired) electrons. The van der Waals surface area contributed by atoms with Crippen molar-refractivity contribution in [1.29, 1.82) is 0 Å². The quantitative estimate of drug-likeness (QED) is 0.715. The van der Waals surface area contributed by atoms with Crippen molar-refractivity contribution in [1.82, 2.24) is 4.98 Å². The van der Waals surface area contributed by atoms with Crippen molar-refractivity contribution in [2.45, 2.75) is 47.5 Å². The van der Waals surface area contributed by atoms with Gasteiger partial charge in [-0.2, -0.15) is 0 Å². The summed E-state index contributed by atoms with van der Waals surface area (Å²) in [5.41, 5.74) is 1.21. The lowest BCUT2D eigenvalue weighted by atomic mass is 10.3. The average molecular weight is 225 g/mol. The van der Waals surface area contributed by atoms with Gasteiger partial charge in [-0.1, -0.05) is 33.8 Å². The van der Waals surface area contributed by atoms with Crippen molar-refractivity contribution >= 4 is 0 Å². The number of hydrogen-bond donors (Lipinski definition) is 0. The van der Waals surface area contributed by atoms with E-state index in [0.29, 0.717) is 0 Å². The highest BCUT2D eigenvalue weighted by atomic mass is 16.5. The van der Waals surface area contributed by atoms with Crippen LogP contribution in [-0.4, -0.2) is 18.2 Å². The maximum atomic E-state index is 5.13. The second kappa shape index (κ2) is 16.5. The monoisotopic (exact) mass is 225 g/mol. The van der Waals surface area contributed by atoms with Crippen molar-refractivity contribution in [2.75, 3.05) is 13.2 Å². The van der Waals surface area contributed by atoms with E-state index in [1.165, 1.54) is 5.56 Å². The molecule has 16 heavy (non-hydrogen) atoms. The molecule has 2 nitrogen and oxygen atoms in total. The summed E-state index contributed by atoms with van der Waals surface area (Å²) in [4.78, 5) is 3.88. The number of hydrogen-bond acceptors (Lipinski definition) is 2. The fourth-order valence-corrected chi connectivity index (χ4v) is 0.839. The molecule has 0 saturated carbocycles. The van der Waals surface area contributed by atoms with Gasteiger partial charge in [0, 0.05) is 25.6 Å². The highest BCUT2D eigenvalue weighted by Crippen LogP contribution is 1.88. The van der Waals surface area contributed by atoms with Crippen molar-refractivity contribution in [3.63, 3.8) is 0 Å². The minimum atomic E-state index is 0.924. The standard InChI is InChI=1S/C6H7N.C6H14O.C2H6/c1-6-3-2-4-7-5-6;1-3-5-7-6-4-2;1-2/h2-5H,1H3;3-6H2,1-2H3;1-2H3. The van der Waals surface area contributed by atoms with Gasteiger partial charge in [0.15, 0.2) is 0 Å². The lowest BCUT2D eigenvalue weighted by molar-refractivity contribution is 0.135. The first-order chi connectivity index (χ1) is 7.81. The van der Waals surface area contributed by atoms with Crippen LogP contribution in [0.15, 0.2) is 24.5 Å². The lowest BCUT2D eigenvalue weighted by Crippen LogP contribution is -1.92. The molecule has 1 aromatic heterocycles. The highest BCUT2D eigenvalue weighted by Gasteiger charge is 1.78. The Morgan fingerprint density at radius 2 is 1.69 bits per heavy atom. The van der Waals surface area contributed by atoms with Gasteiger partial charge < -0.3 is 4.74 Å². The Morgan fingerprint density at radius 1 is 1.12 bits per heavy atom. The van der Waals surface area contributed by atoms with Gasteiger partial charge in [-0.05, 0) is 31.4 Å². The zero-order chi connectivity index (χ0) is 12.6. The highest BCUT2D eigenvalue weighted by molar-refractivity contribution is 5.04. The third-order valence-corrected chi connectivity index (χ3v) is 1.51. The van der Waals surface area contributed by atoms with Crippen LogP contribution >= 0.6 is 0 Å². The first kappa shape index (κ1) is 17.5. The van der Waals surface area contributed by atoms with Crippen LogP contribution in [0.3, 0.4) is 0 Å². The van der Waals surface area contributed by atoms with Gasteiger partial charge in [0.2, 0.25) is 0 Å². The third kappa shape index (κ3) is 15.6. The topological polar surface area (TPSA) is 22.1 Å². The predicted molar refractivity (Wildman–Crippen MR) is 71.7 cm³/mol. The molecule has 0 amide bonds. The van der Waals surface area contributed by atoms with E-state index in [9.17, 15) is 0 Å². The molecule has 0 spiro atoms. The Bertz CT molecular complexity index is 195. The molecule has 0 fully saturated rings. The van der Waals surface area contributed by atoms with Gasteiger partial charge in [-0.25, -0.2) is 0 Å². The minimum absolute atomic E-state index is 0.924. The van der Waals surface area contributed by atoms with Crippen molar-refractivity contribution in [2.24, 2.45) is 0 Å². The summed E-state index contributed by atoms with van der Waals surface area (Å²) >= 11 is 0. The first-order valence-corrected chi connectivity index (χ1v) is 6.25. The Morgan fingerprint density at radius 3 is 1.94 bits per heavy atom. The summed E-state index contributed by atoms with van der Waals surface area (Å²) in [6, 6.07) is 3.95. The third-order valence-electron chi connectivity index (χ3n) is 1.51. The molecule has 94 valence electrons. The largest absolute Gasteiger partial charge is 0.381 e. The van der Waals surface area contributed by atoms with Crippen molar-refractivity contribution in [3.8, 4) is 0 Å². The summed E-state index contributed by atoms with van der Waals surface area (Å²) in [7, 11) is 0. The van der Waals surface area contributed by atoms with Crippen LogP contribution in [0.2, 0.25) is 0 Å². The Labute approximate surface area is 101 Å². The van der Waals surface area contributed by atoms with Gasteiger partial charge in [0.25, 0.3) is 0 Å². The molecule has 0 aliphatic carbocycles. The molecule has 0 N–H and O–H groups in total. The average Bonchev–Trinajstić information content (AvgIpc) is 2.34. The summed E-state index contributed by atoms with van der Waals surface area (Å²) in [6.45, 7) is 12.1. The van der Waals surface area contributed by atoms with E-state index in [-0.39, 0.29) is 0 Å². The van der Waals surface area contributed by atoms with Crippen LogP contribution in [0.25, 0.3) is 0 Å². The minimum Gasteiger partial charge on any atom is -0.381 e. The fourth-order valence-electron chi connectivity index (χ4n) is 0.839. The van der Waals surface area contributed by atoms with Gasteiger partial charge in [0.05, 0.1) is 0 Å². The van der Waals surface area contributed by atoms with Crippen LogP contribution in [-0.2, 0) is 4.74 Å². The smallest absolute Gasteiger partial charge is 0.0463 e.